The van der Waals surface area contributed by atoms with Gasteiger partial charge in [-0.25, -0.2) is 4.39 Å². The molecule has 0 spiro atoms. The molecule has 1 heterocycles. The quantitative estimate of drug-likeness (QED) is 0.342. The number of carbonyl (C=O) groups excluding carboxylic acids is 1. The molecule has 3 rings (SSSR count). The highest BCUT2D eigenvalue weighted by Crippen LogP contribution is 2.43. The van der Waals surface area contributed by atoms with E-state index in [0.717, 1.165) is 30.5 Å². The summed E-state index contributed by atoms with van der Waals surface area (Å²) in [4.78, 5) is 8.00. The van der Waals surface area contributed by atoms with Crippen LogP contribution in [-0.2, 0) is 4.79 Å². The summed E-state index contributed by atoms with van der Waals surface area (Å²) in [5, 5.41) is 10.7. The van der Waals surface area contributed by atoms with E-state index < -0.39 is 0 Å². The molecule has 36 heavy (non-hydrogen) atoms. The van der Waals surface area contributed by atoms with Crippen LogP contribution < -0.4 is 11.1 Å². The van der Waals surface area contributed by atoms with Crippen LogP contribution in [0.1, 0.15) is 77.5 Å². The third-order valence-electron chi connectivity index (χ3n) is 6.30. The fourth-order valence-electron chi connectivity index (χ4n) is 4.49. The maximum atomic E-state index is 14.2. The van der Waals surface area contributed by atoms with Crippen LogP contribution in [-0.4, -0.2) is 24.0 Å². The summed E-state index contributed by atoms with van der Waals surface area (Å²) in [7, 11) is 1.50. The predicted molar refractivity (Wildman–Crippen MR) is 151 cm³/mol. The molecule has 0 aliphatic heterocycles. The summed E-state index contributed by atoms with van der Waals surface area (Å²) in [6.45, 7) is 15.0. The van der Waals surface area contributed by atoms with Crippen molar-refractivity contribution < 1.29 is 9.18 Å². The molecule has 2 aromatic rings. The molecule has 4 N–H and O–H groups in total. The third kappa shape index (κ3) is 8.90. The van der Waals surface area contributed by atoms with E-state index >= 15 is 0 Å². The Kier molecular flexibility index (Phi) is 13.1. The Bertz CT molecular complexity index is 1030. The monoisotopic (exact) mass is 496 g/mol. The number of nitrogens with zero attached hydrogens (tertiary/aromatic N) is 1. The smallest absolute Gasteiger partial charge is 0.152 e. The molecular weight excluding hydrogens is 451 g/mol. The predicted octanol–water partition coefficient (Wildman–Crippen LogP) is 7.76. The molecular formula is C30H45FN4O. The van der Waals surface area contributed by atoms with Crippen LogP contribution in [0.5, 0.6) is 0 Å². The highest BCUT2D eigenvalue weighted by molar-refractivity contribution is 5.57. The summed E-state index contributed by atoms with van der Waals surface area (Å²) >= 11 is 0. The zero-order valence-electron chi connectivity index (χ0n) is 23.1. The Morgan fingerprint density at radius 1 is 1.25 bits per heavy atom. The van der Waals surface area contributed by atoms with Crippen LogP contribution in [0, 0.1) is 24.1 Å². The number of hydrogen-bond donors (Lipinski definition) is 3. The molecule has 0 radical (unpaired) electrons. The first kappa shape index (κ1) is 31.0. The molecule has 0 saturated heterocycles. The topological polar surface area (TPSA) is 83.8 Å². The van der Waals surface area contributed by atoms with Crippen molar-refractivity contribution in [1.29, 1.82) is 0 Å². The summed E-state index contributed by atoms with van der Waals surface area (Å²) in [5.41, 5.74) is 9.93. The van der Waals surface area contributed by atoms with Gasteiger partial charge in [0.1, 0.15) is 12.6 Å². The van der Waals surface area contributed by atoms with Gasteiger partial charge in [-0.3, -0.25) is 5.10 Å². The number of H-pyrrole nitrogens is 1. The van der Waals surface area contributed by atoms with E-state index in [1.165, 1.54) is 30.7 Å². The van der Waals surface area contributed by atoms with Crippen molar-refractivity contribution in [3.05, 3.63) is 76.8 Å². The molecule has 0 bridgehead atoms. The molecule has 1 fully saturated rings. The van der Waals surface area contributed by atoms with Gasteiger partial charge in [0.25, 0.3) is 0 Å². The molecule has 2 unspecified atom stereocenters. The van der Waals surface area contributed by atoms with E-state index in [2.05, 4.69) is 80.2 Å². The molecule has 1 aliphatic carbocycles. The number of rotatable bonds is 7. The minimum absolute atomic E-state index is 0.118. The Balaban J connectivity index is 0.00000154. The van der Waals surface area contributed by atoms with Gasteiger partial charge in [0.05, 0.1) is 5.69 Å². The van der Waals surface area contributed by atoms with E-state index in [1.807, 2.05) is 25.8 Å². The minimum Gasteiger partial charge on any atom is -0.336 e. The number of aromatic amines is 1. The average Bonchev–Trinajstić information content (AvgIpc) is 3.52. The summed E-state index contributed by atoms with van der Waals surface area (Å²) < 4.78 is 14.2. The Hall–Kier alpha value is -2.99. The number of anilines is 2. The van der Waals surface area contributed by atoms with Crippen molar-refractivity contribution in [3.63, 3.8) is 0 Å². The number of hydrogen-bond acceptors (Lipinski definition) is 4. The SMILES string of the molecule is C=O.CN.C\C=C/C(=C\C(=C\CC)C1CCC(c2cc(Nc3ccc(C)cc3F)n[nH]2)C1)C(C)(C)C. The summed E-state index contributed by atoms with van der Waals surface area (Å²) in [5.74, 6) is 1.40. The lowest BCUT2D eigenvalue weighted by atomic mass is 9.82. The van der Waals surface area contributed by atoms with E-state index in [1.54, 1.807) is 6.07 Å². The molecule has 1 aromatic carbocycles. The van der Waals surface area contributed by atoms with Gasteiger partial charge >= 0.3 is 0 Å². The van der Waals surface area contributed by atoms with Crippen LogP contribution in [0.3, 0.4) is 0 Å². The van der Waals surface area contributed by atoms with Crippen molar-refractivity contribution in [3.8, 4) is 0 Å². The van der Waals surface area contributed by atoms with Crippen LogP contribution >= 0.6 is 0 Å². The fourth-order valence-corrected chi connectivity index (χ4v) is 4.49. The van der Waals surface area contributed by atoms with Crippen molar-refractivity contribution in [1.82, 2.24) is 10.2 Å². The average molecular weight is 497 g/mol. The van der Waals surface area contributed by atoms with Gasteiger partial charge in [-0.05, 0) is 86.8 Å². The van der Waals surface area contributed by atoms with Crippen LogP contribution in [0.4, 0.5) is 15.9 Å². The van der Waals surface area contributed by atoms with Crippen molar-refractivity contribution in [2.45, 2.75) is 73.1 Å². The molecule has 0 amide bonds. The van der Waals surface area contributed by atoms with Crippen LogP contribution in [0.25, 0.3) is 0 Å². The normalized spacial score (nSPS) is 18.4. The molecule has 5 nitrogen and oxygen atoms in total. The second kappa shape index (κ2) is 15.2. The Morgan fingerprint density at radius 3 is 2.53 bits per heavy atom. The lowest BCUT2D eigenvalue weighted by molar-refractivity contribution is -0.0980. The summed E-state index contributed by atoms with van der Waals surface area (Å²) in [6, 6.07) is 7.23. The van der Waals surface area contributed by atoms with Gasteiger partial charge < -0.3 is 15.8 Å². The third-order valence-corrected chi connectivity index (χ3v) is 6.30. The zero-order chi connectivity index (χ0) is 27.3. The van der Waals surface area contributed by atoms with E-state index in [-0.39, 0.29) is 11.2 Å². The van der Waals surface area contributed by atoms with Gasteiger partial charge in [0.15, 0.2) is 5.82 Å². The molecule has 6 heteroatoms. The van der Waals surface area contributed by atoms with Crippen molar-refractivity contribution in [2.75, 3.05) is 12.4 Å². The lowest BCUT2D eigenvalue weighted by Gasteiger charge is -2.23. The first-order valence-electron chi connectivity index (χ1n) is 12.7. The number of aryl methyl sites for hydroxylation is 1. The van der Waals surface area contributed by atoms with Crippen molar-refractivity contribution >= 4 is 18.3 Å². The zero-order valence-corrected chi connectivity index (χ0v) is 23.1. The lowest BCUT2D eigenvalue weighted by Crippen LogP contribution is -2.09. The first-order chi connectivity index (χ1) is 17.2. The maximum absolute atomic E-state index is 14.2. The highest BCUT2D eigenvalue weighted by Gasteiger charge is 2.29. The fraction of sp³-hybridized carbons (Fsp3) is 0.467. The van der Waals surface area contributed by atoms with Gasteiger partial charge in [0, 0.05) is 17.7 Å². The van der Waals surface area contributed by atoms with Crippen LogP contribution in [0.15, 0.2) is 59.7 Å². The summed E-state index contributed by atoms with van der Waals surface area (Å²) in [6.07, 6.45) is 13.6. The number of nitrogens with one attached hydrogen (secondary N) is 2. The number of halogens is 1. The van der Waals surface area contributed by atoms with Crippen molar-refractivity contribution in [2.24, 2.45) is 17.1 Å². The second-order valence-electron chi connectivity index (χ2n) is 9.99. The number of nitrogens with two attached hydrogens (primary N) is 1. The molecule has 1 saturated carbocycles. The Morgan fingerprint density at radius 2 is 1.94 bits per heavy atom. The number of carbonyl (C=O) groups is 1. The number of benzene rings is 1. The molecule has 2 atom stereocenters. The Labute approximate surface area is 217 Å². The van der Waals surface area contributed by atoms with Gasteiger partial charge in [0.2, 0.25) is 0 Å². The molecule has 198 valence electrons. The first-order valence-corrected chi connectivity index (χ1v) is 12.7. The minimum atomic E-state index is -0.257. The van der Waals surface area contributed by atoms with E-state index in [9.17, 15) is 4.39 Å². The second-order valence-corrected chi connectivity index (χ2v) is 9.99. The van der Waals surface area contributed by atoms with Gasteiger partial charge in [-0.1, -0.05) is 58.1 Å². The van der Waals surface area contributed by atoms with E-state index in [0.29, 0.717) is 23.3 Å². The number of aromatic nitrogens is 2. The largest absolute Gasteiger partial charge is 0.336 e. The van der Waals surface area contributed by atoms with E-state index in [4.69, 9.17) is 4.79 Å². The molecule has 1 aromatic heterocycles. The van der Waals surface area contributed by atoms with Gasteiger partial charge in [-0.15, -0.1) is 0 Å². The van der Waals surface area contributed by atoms with Gasteiger partial charge in [-0.2, -0.15) is 5.10 Å². The maximum Gasteiger partial charge on any atom is 0.152 e. The standard InChI is InChI=1S/C28H38FN3.CH5N.CH2O/c1-7-9-20(17-23(10-8-2)28(4,5)6)21-12-13-22(16-21)26-18-27(32-31-26)30-25-14-11-19(3)15-24(25)29;2*1-2/h8-11,14-15,17-18,21-22H,7,12-13,16H2,1-6H3,(H2,30,31,32);2H2,1H3;1H2/b10-8-,20-9-,23-17+;;. The molecule has 1 aliphatic rings. The van der Waals surface area contributed by atoms with Crippen LogP contribution in [0.2, 0.25) is 0 Å². The number of allylic oxidation sites excluding steroid dienone is 6. The highest BCUT2D eigenvalue weighted by atomic mass is 19.1.